The molecule has 0 bridgehead atoms. The molecule has 0 unspecified atom stereocenters. The Hall–Kier alpha value is -1.83. The molecule has 2 heterocycles. The average Bonchev–Trinajstić information content (AvgIpc) is 2.99. The van der Waals surface area contributed by atoms with Gasteiger partial charge in [-0.25, -0.2) is 9.98 Å². The summed E-state index contributed by atoms with van der Waals surface area (Å²) >= 11 is 6.71. The lowest BCUT2D eigenvalue weighted by Crippen LogP contribution is -2.19. The number of thiazole rings is 1. The summed E-state index contributed by atoms with van der Waals surface area (Å²) in [7, 11) is 3.98. The number of aromatic nitrogens is 1. The highest BCUT2D eigenvalue weighted by molar-refractivity contribution is 7.73. The first-order valence-corrected chi connectivity index (χ1v) is 8.08. The van der Waals surface area contributed by atoms with Gasteiger partial charge in [0.1, 0.15) is 0 Å². The van der Waals surface area contributed by atoms with E-state index in [2.05, 4.69) is 14.9 Å². The fourth-order valence-corrected chi connectivity index (χ4v) is 3.40. The lowest BCUT2D eigenvalue weighted by atomic mass is 10.3. The molecule has 7 heteroatoms. The van der Waals surface area contributed by atoms with E-state index in [9.17, 15) is 5.11 Å². The fraction of sp³-hybridized carbons (Fsp3) is 0.267. The topological polar surface area (TPSA) is 53.1 Å². The molecule has 0 atom stereocenters. The number of hydrogen-bond acceptors (Lipinski definition) is 6. The van der Waals surface area contributed by atoms with Crippen molar-refractivity contribution in [2.24, 2.45) is 9.98 Å². The number of para-hydroxylation sites is 2. The summed E-state index contributed by atoms with van der Waals surface area (Å²) in [5.41, 5.74) is 0. The zero-order valence-electron chi connectivity index (χ0n) is 12.4. The van der Waals surface area contributed by atoms with E-state index in [4.69, 9.17) is 12.2 Å². The average molecular weight is 332 g/mol. The van der Waals surface area contributed by atoms with Gasteiger partial charge in [-0.1, -0.05) is 12.1 Å². The van der Waals surface area contributed by atoms with Crippen molar-refractivity contribution in [2.45, 2.75) is 6.54 Å². The van der Waals surface area contributed by atoms with E-state index in [0.29, 0.717) is 21.2 Å². The fourth-order valence-electron chi connectivity index (χ4n) is 2.11. The zero-order valence-corrected chi connectivity index (χ0v) is 14.0. The zero-order chi connectivity index (χ0) is 15.7. The van der Waals surface area contributed by atoms with E-state index in [-0.39, 0.29) is 5.88 Å². The number of fused-ring (bicyclic) bond motifs is 1. The van der Waals surface area contributed by atoms with Crippen LogP contribution in [0, 0.1) is 3.95 Å². The van der Waals surface area contributed by atoms with Gasteiger partial charge in [-0.2, -0.15) is 0 Å². The van der Waals surface area contributed by atoms with E-state index in [1.54, 1.807) is 10.6 Å². The Morgan fingerprint density at radius 3 is 2.50 bits per heavy atom. The van der Waals surface area contributed by atoms with Gasteiger partial charge in [0.25, 0.3) is 0 Å². The van der Waals surface area contributed by atoms with Gasteiger partial charge in [0, 0.05) is 19.2 Å². The predicted molar refractivity (Wildman–Crippen MR) is 90.1 cm³/mol. The standard InChI is InChI=1S/C15H16N4OS2/c1-18(2)7-8-19-14(20)12(22-15(19)21)9-13-16-10-5-3-4-6-11(10)17-13/h3-6,9,20H,7-8H2,1-2H3. The van der Waals surface area contributed by atoms with Crippen molar-refractivity contribution in [2.75, 3.05) is 20.6 Å². The molecule has 0 saturated heterocycles. The van der Waals surface area contributed by atoms with E-state index in [1.807, 2.05) is 38.4 Å². The molecule has 0 saturated carbocycles. The van der Waals surface area contributed by atoms with E-state index in [1.165, 1.54) is 11.3 Å². The van der Waals surface area contributed by atoms with Crippen molar-refractivity contribution in [3.8, 4) is 5.88 Å². The first-order chi connectivity index (χ1) is 10.5. The van der Waals surface area contributed by atoms with Crippen LogP contribution in [-0.2, 0) is 6.54 Å². The van der Waals surface area contributed by atoms with Crippen LogP contribution in [0.2, 0.25) is 0 Å². The minimum atomic E-state index is 0.186. The van der Waals surface area contributed by atoms with Crippen LogP contribution in [0.4, 0.5) is 0 Å². The normalized spacial score (nSPS) is 13.0. The lowest BCUT2D eigenvalue weighted by molar-refractivity contribution is 0.355. The van der Waals surface area contributed by atoms with Gasteiger partial charge in [0.15, 0.2) is 9.78 Å². The van der Waals surface area contributed by atoms with Crippen LogP contribution in [0.1, 0.15) is 4.88 Å². The molecule has 0 fully saturated rings. The number of likely N-dealkylation sites (N-methyl/N-ethyl adjacent to an activating group) is 1. The largest absolute Gasteiger partial charge is 0.493 e. The van der Waals surface area contributed by atoms with Crippen LogP contribution in [0.3, 0.4) is 0 Å². The van der Waals surface area contributed by atoms with Crippen LogP contribution in [0.25, 0.3) is 6.08 Å². The summed E-state index contributed by atoms with van der Waals surface area (Å²) in [4.78, 5) is 11.6. The maximum atomic E-state index is 10.4. The van der Waals surface area contributed by atoms with Gasteiger partial charge >= 0.3 is 0 Å². The van der Waals surface area contributed by atoms with Gasteiger partial charge in [-0.3, -0.25) is 4.57 Å². The molecule has 1 aliphatic rings. The third kappa shape index (κ3) is 3.01. The highest BCUT2D eigenvalue weighted by Crippen LogP contribution is 2.28. The third-order valence-electron chi connectivity index (χ3n) is 3.28. The molecule has 5 nitrogen and oxygen atoms in total. The Morgan fingerprint density at radius 2 is 1.91 bits per heavy atom. The Morgan fingerprint density at radius 1 is 1.27 bits per heavy atom. The number of nitrogens with zero attached hydrogens (tertiary/aromatic N) is 4. The highest BCUT2D eigenvalue weighted by atomic mass is 32.1. The van der Waals surface area contributed by atoms with E-state index < -0.39 is 0 Å². The smallest absolute Gasteiger partial charge is 0.210 e. The first kappa shape index (κ1) is 15.1. The van der Waals surface area contributed by atoms with Crippen LogP contribution in [-0.4, -0.2) is 35.2 Å². The maximum absolute atomic E-state index is 10.4. The van der Waals surface area contributed by atoms with Crippen molar-refractivity contribution in [1.82, 2.24) is 9.47 Å². The van der Waals surface area contributed by atoms with Crippen molar-refractivity contribution in [3.63, 3.8) is 0 Å². The van der Waals surface area contributed by atoms with Crippen molar-refractivity contribution in [3.05, 3.63) is 49.6 Å². The second-order valence-electron chi connectivity index (χ2n) is 5.23. The molecular formula is C15H16N4OS2. The first-order valence-electron chi connectivity index (χ1n) is 6.86. The molecule has 1 aromatic carbocycles. The summed E-state index contributed by atoms with van der Waals surface area (Å²) < 4.78 is 2.40. The van der Waals surface area contributed by atoms with Crippen LogP contribution in [0.15, 0.2) is 40.1 Å². The molecule has 0 radical (unpaired) electrons. The summed E-state index contributed by atoms with van der Waals surface area (Å²) in [5.74, 6) is 0.776. The summed E-state index contributed by atoms with van der Waals surface area (Å²) in [6.45, 7) is 1.47. The van der Waals surface area contributed by atoms with Gasteiger partial charge in [-0.05, 0) is 38.4 Å². The Kier molecular flexibility index (Phi) is 4.19. The molecule has 22 heavy (non-hydrogen) atoms. The number of aromatic hydroxyl groups is 1. The van der Waals surface area contributed by atoms with Crippen LogP contribution in [0.5, 0.6) is 5.88 Å². The molecule has 1 N–H and O–H groups in total. The van der Waals surface area contributed by atoms with Gasteiger partial charge in [-0.15, -0.1) is 11.3 Å². The van der Waals surface area contributed by atoms with Gasteiger partial charge in [0.2, 0.25) is 5.88 Å². The van der Waals surface area contributed by atoms with Crippen molar-refractivity contribution in [1.29, 1.82) is 0 Å². The Balaban J connectivity index is 1.94. The molecule has 2 aromatic rings. The van der Waals surface area contributed by atoms with Gasteiger partial charge in [0.05, 0.1) is 15.6 Å². The van der Waals surface area contributed by atoms with Crippen molar-refractivity contribution < 1.29 is 5.11 Å². The molecule has 1 aliphatic heterocycles. The van der Waals surface area contributed by atoms with E-state index in [0.717, 1.165) is 17.3 Å². The lowest BCUT2D eigenvalue weighted by Gasteiger charge is -2.10. The highest BCUT2D eigenvalue weighted by Gasteiger charge is 2.12. The maximum Gasteiger partial charge on any atom is 0.210 e. The SMILES string of the molecule is CN(C)CCn1c(O)c(C=C2N=c3ccccc3=N2)sc1=S. The molecule has 114 valence electrons. The number of rotatable bonds is 4. The second kappa shape index (κ2) is 6.12. The third-order valence-corrected chi connectivity index (χ3v) is 4.66. The molecule has 1 aromatic heterocycles. The molecule has 0 amide bonds. The second-order valence-corrected chi connectivity index (χ2v) is 6.90. The van der Waals surface area contributed by atoms with Crippen LogP contribution >= 0.6 is 23.6 Å². The number of hydrogen-bond donors (Lipinski definition) is 1. The summed E-state index contributed by atoms with van der Waals surface area (Å²) in [5, 5.41) is 12.1. The molecule has 0 aliphatic carbocycles. The Labute approximate surface area is 137 Å². The van der Waals surface area contributed by atoms with E-state index >= 15 is 0 Å². The molecule has 3 rings (SSSR count). The number of benzene rings is 1. The minimum Gasteiger partial charge on any atom is -0.493 e. The summed E-state index contributed by atoms with van der Waals surface area (Å²) in [6, 6.07) is 7.70. The molecule has 0 spiro atoms. The van der Waals surface area contributed by atoms with Crippen LogP contribution < -0.4 is 10.7 Å². The predicted octanol–water partition coefficient (Wildman–Crippen LogP) is 1.80. The Bertz CT molecular complexity index is 871. The monoisotopic (exact) mass is 332 g/mol. The minimum absolute atomic E-state index is 0.186. The molecular weight excluding hydrogens is 316 g/mol. The van der Waals surface area contributed by atoms with Gasteiger partial charge < -0.3 is 10.0 Å². The summed E-state index contributed by atoms with van der Waals surface area (Å²) in [6.07, 6.45) is 1.78. The van der Waals surface area contributed by atoms with Crippen molar-refractivity contribution >= 4 is 29.6 Å². The quantitative estimate of drug-likeness (QED) is 0.869.